The topological polar surface area (TPSA) is 65.4 Å². The lowest BCUT2D eigenvalue weighted by Gasteiger charge is -2.17. The molecule has 1 atom stereocenters. The molecule has 4 rings (SSSR count). The summed E-state index contributed by atoms with van der Waals surface area (Å²) in [5, 5.41) is 3.66. The van der Waals surface area contributed by atoms with E-state index in [2.05, 4.69) is 16.0 Å². The minimum absolute atomic E-state index is 0.157. The Morgan fingerprint density at radius 1 is 1.00 bits per heavy atom. The first kappa shape index (κ1) is 23.6. The number of halogens is 1. The second kappa shape index (κ2) is 11.1. The van der Waals surface area contributed by atoms with E-state index in [9.17, 15) is 4.79 Å². The van der Waals surface area contributed by atoms with Crippen LogP contribution in [0.3, 0.4) is 0 Å². The van der Waals surface area contributed by atoms with E-state index in [4.69, 9.17) is 26.1 Å². The molecule has 0 aliphatic rings. The maximum Gasteiger partial charge on any atom is 0.251 e. The summed E-state index contributed by atoms with van der Waals surface area (Å²) < 4.78 is 13.2. The fraction of sp³-hybridized carbons (Fsp3) is 0.259. The molecule has 0 saturated heterocycles. The number of aryl methyl sites for hydroxylation is 1. The van der Waals surface area contributed by atoms with Gasteiger partial charge in [0, 0.05) is 17.1 Å². The summed E-state index contributed by atoms with van der Waals surface area (Å²) in [6.07, 6.45) is 1.81. The highest BCUT2D eigenvalue weighted by Crippen LogP contribution is 2.23. The molecule has 0 bridgehead atoms. The van der Waals surface area contributed by atoms with Crippen molar-refractivity contribution in [3.8, 4) is 11.5 Å². The zero-order valence-corrected chi connectivity index (χ0v) is 20.1. The lowest BCUT2D eigenvalue weighted by Crippen LogP contribution is -2.28. The molecule has 0 spiro atoms. The molecule has 0 fully saturated rings. The Hall–Kier alpha value is -3.51. The number of fused-ring (bicyclic) bond motifs is 1. The molecule has 176 valence electrons. The molecule has 0 saturated carbocycles. The van der Waals surface area contributed by atoms with Crippen LogP contribution in [-0.2, 0) is 6.54 Å². The van der Waals surface area contributed by atoms with Gasteiger partial charge in [-0.2, -0.15) is 0 Å². The van der Waals surface area contributed by atoms with Crippen LogP contribution < -0.4 is 14.8 Å². The lowest BCUT2D eigenvalue weighted by atomic mass is 10.2. The molecule has 7 heteroatoms. The Morgan fingerprint density at radius 2 is 1.71 bits per heavy atom. The van der Waals surface area contributed by atoms with Crippen molar-refractivity contribution in [3.63, 3.8) is 0 Å². The van der Waals surface area contributed by atoms with Crippen molar-refractivity contribution in [2.24, 2.45) is 0 Å². The second-order valence-electron chi connectivity index (χ2n) is 8.04. The van der Waals surface area contributed by atoms with Crippen LogP contribution in [0.15, 0.2) is 72.8 Å². The van der Waals surface area contributed by atoms with E-state index in [1.165, 1.54) is 0 Å². The van der Waals surface area contributed by atoms with Crippen molar-refractivity contribution in [3.05, 3.63) is 89.2 Å². The van der Waals surface area contributed by atoms with Crippen LogP contribution in [0.2, 0.25) is 5.02 Å². The van der Waals surface area contributed by atoms with Crippen LogP contribution in [0.5, 0.6) is 11.5 Å². The van der Waals surface area contributed by atoms with Crippen molar-refractivity contribution in [1.29, 1.82) is 0 Å². The second-order valence-corrected chi connectivity index (χ2v) is 8.48. The van der Waals surface area contributed by atoms with Crippen molar-refractivity contribution in [2.75, 3.05) is 13.7 Å². The summed E-state index contributed by atoms with van der Waals surface area (Å²) in [4.78, 5) is 17.5. The Bertz CT molecular complexity index is 1240. The fourth-order valence-electron chi connectivity index (χ4n) is 3.84. The van der Waals surface area contributed by atoms with Crippen LogP contribution in [0.4, 0.5) is 0 Å². The molecule has 3 aromatic carbocycles. The van der Waals surface area contributed by atoms with Crippen LogP contribution in [-0.4, -0.2) is 29.2 Å². The van der Waals surface area contributed by atoms with Crippen LogP contribution >= 0.6 is 11.6 Å². The van der Waals surface area contributed by atoms with E-state index in [0.29, 0.717) is 17.2 Å². The third-order valence-electron chi connectivity index (χ3n) is 5.63. The molecule has 1 unspecified atom stereocenters. The van der Waals surface area contributed by atoms with Crippen LogP contribution in [0.1, 0.15) is 42.0 Å². The number of hydrogen-bond acceptors (Lipinski definition) is 4. The SMILES string of the molecule is COc1ccc(OCCCCn2c(C(C)NC(=O)c3ccc(Cl)cc3)nc3ccccc32)cc1. The van der Waals surface area contributed by atoms with Gasteiger partial charge in [0.05, 0.1) is 30.8 Å². The lowest BCUT2D eigenvalue weighted by molar-refractivity contribution is 0.0937. The highest BCUT2D eigenvalue weighted by atomic mass is 35.5. The first-order chi connectivity index (χ1) is 16.5. The number of nitrogens with one attached hydrogen (secondary N) is 1. The number of rotatable bonds is 10. The predicted octanol–water partition coefficient (Wildman–Crippen LogP) is 6.05. The Kier molecular flexibility index (Phi) is 7.70. The first-order valence-corrected chi connectivity index (χ1v) is 11.7. The van der Waals surface area contributed by atoms with Gasteiger partial charge in [-0.15, -0.1) is 0 Å². The van der Waals surface area contributed by atoms with E-state index >= 15 is 0 Å². The number of benzene rings is 3. The predicted molar refractivity (Wildman–Crippen MR) is 135 cm³/mol. The molecule has 4 aromatic rings. The number of aromatic nitrogens is 2. The summed E-state index contributed by atoms with van der Waals surface area (Å²) in [5.74, 6) is 2.31. The largest absolute Gasteiger partial charge is 0.497 e. The molecule has 1 heterocycles. The Morgan fingerprint density at radius 3 is 2.44 bits per heavy atom. The van der Waals surface area contributed by atoms with Gasteiger partial charge in [0.15, 0.2) is 0 Å². The summed E-state index contributed by atoms with van der Waals surface area (Å²) in [6, 6.07) is 22.2. The molecule has 6 nitrogen and oxygen atoms in total. The Balaban J connectivity index is 1.40. The number of carbonyl (C=O) groups excluding carboxylic acids is 1. The van der Waals surface area contributed by atoms with Crippen molar-refractivity contribution in [1.82, 2.24) is 14.9 Å². The van der Waals surface area contributed by atoms with Gasteiger partial charge in [-0.3, -0.25) is 4.79 Å². The maximum atomic E-state index is 12.7. The number of amides is 1. The van der Waals surface area contributed by atoms with Gasteiger partial charge in [-0.25, -0.2) is 4.98 Å². The number of ether oxygens (including phenoxy) is 2. The Labute approximate surface area is 204 Å². The third-order valence-corrected chi connectivity index (χ3v) is 5.88. The van der Waals surface area contributed by atoms with E-state index < -0.39 is 0 Å². The molecular weight excluding hydrogens is 450 g/mol. The fourth-order valence-corrected chi connectivity index (χ4v) is 3.97. The van der Waals surface area contributed by atoms with Crippen LogP contribution in [0.25, 0.3) is 11.0 Å². The molecule has 34 heavy (non-hydrogen) atoms. The highest BCUT2D eigenvalue weighted by molar-refractivity contribution is 6.30. The molecule has 0 radical (unpaired) electrons. The molecule has 0 aliphatic carbocycles. The van der Waals surface area contributed by atoms with Crippen LogP contribution in [0, 0.1) is 0 Å². The normalized spacial score (nSPS) is 11.9. The molecule has 1 N–H and O–H groups in total. The smallest absolute Gasteiger partial charge is 0.251 e. The number of carbonyl (C=O) groups is 1. The van der Waals surface area contributed by atoms with Crippen molar-refractivity contribution >= 4 is 28.5 Å². The number of hydrogen-bond donors (Lipinski definition) is 1. The maximum absolute atomic E-state index is 12.7. The van der Waals surface area contributed by atoms with Gasteiger partial charge < -0.3 is 19.4 Å². The number of unbranched alkanes of at least 4 members (excludes halogenated alkanes) is 1. The summed E-state index contributed by atoms with van der Waals surface area (Å²) in [5.41, 5.74) is 2.54. The van der Waals surface area contributed by atoms with E-state index in [-0.39, 0.29) is 11.9 Å². The quantitative estimate of drug-likeness (QED) is 0.282. The van der Waals surface area contributed by atoms with Crippen molar-refractivity contribution < 1.29 is 14.3 Å². The average molecular weight is 478 g/mol. The summed E-state index contributed by atoms with van der Waals surface area (Å²) in [6.45, 7) is 3.36. The van der Waals surface area contributed by atoms with Crippen molar-refractivity contribution in [2.45, 2.75) is 32.4 Å². The third kappa shape index (κ3) is 5.69. The van der Waals surface area contributed by atoms with Gasteiger partial charge in [-0.05, 0) is 80.4 Å². The number of imidazole rings is 1. The van der Waals surface area contributed by atoms with Gasteiger partial charge in [-0.1, -0.05) is 23.7 Å². The standard InChI is InChI=1S/C27H28ClN3O3/c1-19(29-27(32)20-9-11-21(28)12-10-20)26-30-24-7-3-4-8-25(24)31(26)17-5-6-18-34-23-15-13-22(33-2)14-16-23/h3-4,7-16,19H,5-6,17-18H2,1-2H3,(H,29,32). The van der Waals surface area contributed by atoms with Gasteiger partial charge in [0.1, 0.15) is 17.3 Å². The van der Waals surface area contributed by atoms with Gasteiger partial charge in [0.25, 0.3) is 5.91 Å². The molecular formula is C27H28ClN3O3. The number of methoxy groups -OCH3 is 1. The molecule has 1 amide bonds. The number of para-hydroxylation sites is 2. The first-order valence-electron chi connectivity index (χ1n) is 11.3. The zero-order valence-electron chi connectivity index (χ0n) is 19.3. The summed E-state index contributed by atoms with van der Waals surface area (Å²) in [7, 11) is 1.65. The average Bonchev–Trinajstić information content (AvgIpc) is 3.23. The van der Waals surface area contributed by atoms with E-state index in [1.807, 2.05) is 49.4 Å². The minimum Gasteiger partial charge on any atom is -0.497 e. The zero-order chi connectivity index (χ0) is 23.9. The highest BCUT2D eigenvalue weighted by Gasteiger charge is 2.19. The molecule has 0 aliphatic heterocycles. The van der Waals surface area contributed by atoms with E-state index in [1.54, 1.807) is 31.4 Å². The molecule has 1 aromatic heterocycles. The van der Waals surface area contributed by atoms with Gasteiger partial charge >= 0.3 is 0 Å². The monoisotopic (exact) mass is 477 g/mol. The summed E-state index contributed by atoms with van der Waals surface area (Å²) >= 11 is 5.94. The minimum atomic E-state index is -0.258. The number of nitrogens with zero attached hydrogens (tertiary/aromatic N) is 2. The van der Waals surface area contributed by atoms with Gasteiger partial charge in [0.2, 0.25) is 0 Å². The van der Waals surface area contributed by atoms with E-state index in [0.717, 1.165) is 47.7 Å².